The monoisotopic (exact) mass is 319 g/mol. The molecule has 0 spiro atoms. The molecule has 0 saturated carbocycles. The Labute approximate surface area is 131 Å². The molecule has 2 aromatic rings. The molecule has 2 aliphatic rings. The van der Waals surface area contributed by atoms with Gasteiger partial charge in [0, 0.05) is 12.4 Å². The number of aromatic nitrogens is 3. The van der Waals surface area contributed by atoms with Crippen LogP contribution in [0.3, 0.4) is 0 Å². The number of anilines is 1. The van der Waals surface area contributed by atoms with Crippen molar-refractivity contribution in [1.82, 2.24) is 14.5 Å². The van der Waals surface area contributed by atoms with Crippen LogP contribution in [0, 0.1) is 0 Å². The zero-order chi connectivity index (χ0) is 16.2. The van der Waals surface area contributed by atoms with Gasteiger partial charge in [-0.2, -0.15) is 0 Å². The van der Waals surface area contributed by atoms with Gasteiger partial charge >= 0.3 is 0 Å². The van der Waals surface area contributed by atoms with Crippen molar-refractivity contribution in [3.8, 4) is 0 Å². The lowest BCUT2D eigenvalue weighted by atomic mass is 9.96. The largest absolute Gasteiger partial charge is 0.394 e. The molecule has 1 saturated heterocycles. The Morgan fingerprint density at radius 3 is 3.04 bits per heavy atom. The lowest BCUT2D eigenvalue weighted by Crippen LogP contribution is -2.44. The number of ether oxygens (including phenoxy) is 1. The molecule has 4 heterocycles. The van der Waals surface area contributed by atoms with E-state index in [2.05, 4.69) is 20.3 Å². The van der Waals surface area contributed by atoms with Crippen molar-refractivity contribution >= 4 is 28.8 Å². The van der Waals surface area contributed by atoms with Gasteiger partial charge in [0.05, 0.1) is 24.2 Å². The maximum Gasteiger partial charge on any atom is 0.167 e. The minimum absolute atomic E-state index is 0.389. The minimum atomic E-state index is -1.58. The van der Waals surface area contributed by atoms with E-state index < -0.39 is 24.0 Å². The number of aliphatic imine (C=N–C) groups is 1. The van der Waals surface area contributed by atoms with E-state index in [-0.39, 0.29) is 6.61 Å². The number of aliphatic hydroxyl groups is 3. The van der Waals surface area contributed by atoms with Crippen LogP contribution in [0.15, 0.2) is 17.5 Å². The van der Waals surface area contributed by atoms with Gasteiger partial charge in [-0.05, 0) is 6.92 Å². The molecular weight excluding hydrogens is 302 g/mol. The van der Waals surface area contributed by atoms with E-state index in [1.54, 1.807) is 17.0 Å². The maximum absolute atomic E-state index is 10.7. The lowest BCUT2D eigenvalue weighted by molar-refractivity contribution is -0.0947. The number of aliphatic hydroxyl groups excluding tert-OH is 2. The molecule has 4 atom stereocenters. The highest BCUT2D eigenvalue weighted by atomic mass is 16.6. The van der Waals surface area contributed by atoms with Gasteiger partial charge in [-0.1, -0.05) is 0 Å². The minimum Gasteiger partial charge on any atom is -0.394 e. The Morgan fingerprint density at radius 2 is 2.30 bits per heavy atom. The van der Waals surface area contributed by atoms with Crippen molar-refractivity contribution in [2.24, 2.45) is 4.99 Å². The second-order valence-corrected chi connectivity index (χ2v) is 5.92. The van der Waals surface area contributed by atoms with E-state index in [1.807, 2.05) is 0 Å². The van der Waals surface area contributed by atoms with Crippen molar-refractivity contribution < 1.29 is 20.1 Å². The summed E-state index contributed by atoms with van der Waals surface area (Å²) in [4.78, 5) is 12.9. The molecule has 23 heavy (non-hydrogen) atoms. The first-order valence-corrected chi connectivity index (χ1v) is 7.32. The first-order chi connectivity index (χ1) is 11.0. The first kappa shape index (κ1) is 14.5. The summed E-state index contributed by atoms with van der Waals surface area (Å²) in [5, 5.41) is 34.0. The van der Waals surface area contributed by atoms with Crippen LogP contribution in [-0.4, -0.2) is 67.0 Å². The molecule has 1 fully saturated rings. The lowest BCUT2D eigenvalue weighted by Gasteiger charge is -2.27. The summed E-state index contributed by atoms with van der Waals surface area (Å²) in [6, 6.07) is 0. The normalized spacial score (nSPS) is 33.0. The highest BCUT2D eigenvalue weighted by Crippen LogP contribution is 2.42. The zero-order valence-electron chi connectivity index (χ0n) is 12.4. The standard InChI is InChI=1S/C14H17N5O4/c1-14(22)10(21)8(5-20)23-13(14)19-4-7-9-11(16-3-2-15-7)17-6-18-12(9)19/h2,4,6,8,10,13,20-22H,3,5H2,1H3,(H,16,17,18)/t8-,10-,13?,14+/m1/s1. The Balaban J connectivity index is 1.90. The highest BCUT2D eigenvalue weighted by Gasteiger charge is 2.53. The molecule has 2 aromatic heterocycles. The third-order valence-electron chi connectivity index (χ3n) is 4.37. The second-order valence-electron chi connectivity index (χ2n) is 5.92. The Morgan fingerprint density at radius 1 is 1.48 bits per heavy atom. The average molecular weight is 319 g/mol. The fourth-order valence-corrected chi connectivity index (χ4v) is 3.15. The predicted molar refractivity (Wildman–Crippen MR) is 81.8 cm³/mol. The summed E-state index contributed by atoms with van der Waals surface area (Å²) in [7, 11) is 0. The quantitative estimate of drug-likeness (QED) is 0.591. The molecule has 1 unspecified atom stereocenters. The maximum atomic E-state index is 10.7. The van der Waals surface area contributed by atoms with Gasteiger partial charge in [0.1, 0.15) is 35.6 Å². The molecule has 0 aliphatic carbocycles. The van der Waals surface area contributed by atoms with Crippen LogP contribution in [-0.2, 0) is 4.74 Å². The van der Waals surface area contributed by atoms with Crippen LogP contribution in [0.25, 0.3) is 11.0 Å². The van der Waals surface area contributed by atoms with Crippen molar-refractivity contribution in [1.29, 1.82) is 0 Å². The molecule has 0 radical (unpaired) electrons. The van der Waals surface area contributed by atoms with Gasteiger partial charge in [0.25, 0.3) is 0 Å². The molecular formula is C14H17N5O4. The molecule has 9 heteroatoms. The van der Waals surface area contributed by atoms with Crippen molar-refractivity contribution in [3.05, 3.63) is 12.5 Å². The smallest absolute Gasteiger partial charge is 0.167 e. The molecule has 9 nitrogen and oxygen atoms in total. The first-order valence-electron chi connectivity index (χ1n) is 7.32. The molecule has 0 aromatic carbocycles. The summed E-state index contributed by atoms with van der Waals surface area (Å²) in [5.74, 6) is 0.651. The van der Waals surface area contributed by atoms with E-state index in [0.717, 1.165) is 5.39 Å². The van der Waals surface area contributed by atoms with Crippen LogP contribution in [0.5, 0.6) is 0 Å². The van der Waals surface area contributed by atoms with Crippen LogP contribution in [0.4, 0.5) is 11.5 Å². The van der Waals surface area contributed by atoms with Gasteiger partial charge in [-0.3, -0.25) is 4.99 Å². The number of hydrogen-bond donors (Lipinski definition) is 4. The van der Waals surface area contributed by atoms with Crippen LogP contribution >= 0.6 is 0 Å². The van der Waals surface area contributed by atoms with Crippen LogP contribution in [0.1, 0.15) is 13.2 Å². The summed E-state index contributed by atoms with van der Waals surface area (Å²) in [6.07, 6.45) is 1.86. The highest BCUT2D eigenvalue weighted by molar-refractivity contribution is 6.00. The second kappa shape index (κ2) is 4.96. The van der Waals surface area contributed by atoms with Gasteiger partial charge in [-0.15, -0.1) is 0 Å². The van der Waals surface area contributed by atoms with Gasteiger partial charge < -0.3 is 29.9 Å². The van der Waals surface area contributed by atoms with Gasteiger partial charge in [-0.25, -0.2) is 9.97 Å². The van der Waals surface area contributed by atoms with E-state index >= 15 is 0 Å². The molecule has 4 N–H and O–H groups in total. The van der Waals surface area contributed by atoms with Crippen LogP contribution < -0.4 is 5.32 Å². The van der Waals surface area contributed by atoms with E-state index in [9.17, 15) is 15.3 Å². The summed E-state index contributed by atoms with van der Waals surface area (Å²) >= 11 is 0. The summed E-state index contributed by atoms with van der Waals surface area (Å²) in [5.41, 5.74) is -0.391. The zero-order valence-corrected chi connectivity index (χ0v) is 12.4. The fraction of sp³-hybridized carbons (Fsp3) is 0.500. The third kappa shape index (κ3) is 1.98. The van der Waals surface area contributed by atoms with E-state index in [1.165, 1.54) is 13.3 Å². The summed E-state index contributed by atoms with van der Waals surface area (Å²) < 4.78 is 7.29. The van der Waals surface area contributed by atoms with Gasteiger partial charge in [0.15, 0.2) is 6.23 Å². The number of hydrogen-bond acceptors (Lipinski definition) is 8. The average Bonchev–Trinajstić information content (AvgIpc) is 2.90. The number of rotatable bonds is 2. The molecule has 0 bridgehead atoms. The number of nitrogens with zero attached hydrogens (tertiary/aromatic N) is 4. The Hall–Kier alpha value is -2.07. The Bertz CT molecular complexity index is 787. The Kier molecular flexibility index (Phi) is 3.13. The van der Waals surface area contributed by atoms with E-state index in [4.69, 9.17) is 4.74 Å². The van der Waals surface area contributed by atoms with Crippen molar-refractivity contribution in [2.45, 2.75) is 31.0 Å². The SMILES string of the molecule is C[C@@]1(O)C(n2cc3c4c(ncnc42)NCC=N3)O[C@H](CO)[C@H]1O. The number of nitrogens with one attached hydrogen (secondary N) is 1. The molecule has 4 rings (SSSR count). The molecule has 122 valence electrons. The molecule has 0 amide bonds. The van der Waals surface area contributed by atoms with E-state index in [0.29, 0.717) is 23.7 Å². The molecule has 2 aliphatic heterocycles. The van der Waals surface area contributed by atoms with Crippen LogP contribution in [0.2, 0.25) is 0 Å². The summed E-state index contributed by atoms with van der Waals surface area (Å²) in [6.45, 7) is 1.64. The van der Waals surface area contributed by atoms with Crippen molar-refractivity contribution in [2.75, 3.05) is 18.5 Å². The van der Waals surface area contributed by atoms with Gasteiger partial charge in [0.2, 0.25) is 0 Å². The van der Waals surface area contributed by atoms with Crippen molar-refractivity contribution in [3.63, 3.8) is 0 Å². The topological polar surface area (TPSA) is 125 Å². The fourth-order valence-electron chi connectivity index (χ4n) is 3.15. The third-order valence-corrected chi connectivity index (χ3v) is 4.37. The predicted octanol–water partition coefficient (Wildman–Crippen LogP) is -0.439.